The van der Waals surface area contributed by atoms with Crippen molar-refractivity contribution in [1.82, 2.24) is 29.7 Å². The van der Waals surface area contributed by atoms with Crippen molar-refractivity contribution in [2.45, 2.75) is 57.0 Å². The summed E-state index contributed by atoms with van der Waals surface area (Å²) in [5.74, 6) is 3.56. The third-order valence-electron chi connectivity index (χ3n) is 5.66. The molecule has 1 unspecified atom stereocenters. The minimum absolute atomic E-state index is 0.608. The van der Waals surface area contributed by atoms with E-state index in [9.17, 15) is 0 Å². The van der Waals surface area contributed by atoms with Crippen LogP contribution in [0.5, 0.6) is 0 Å². The summed E-state index contributed by atoms with van der Waals surface area (Å²) in [6.45, 7) is 5.32. The highest BCUT2D eigenvalue weighted by Crippen LogP contribution is 2.39. The number of hydrogen-bond donors (Lipinski definition) is 1. The fourth-order valence-corrected chi connectivity index (χ4v) is 6.37. The van der Waals surface area contributed by atoms with E-state index in [0.717, 1.165) is 64.3 Å². The summed E-state index contributed by atoms with van der Waals surface area (Å²) < 4.78 is 2.16. The van der Waals surface area contributed by atoms with Gasteiger partial charge in [0.25, 0.3) is 0 Å². The van der Waals surface area contributed by atoms with E-state index in [1.165, 1.54) is 16.9 Å². The lowest BCUT2D eigenvalue weighted by Gasteiger charge is -2.17. The van der Waals surface area contributed by atoms with Crippen LogP contribution < -0.4 is 5.73 Å². The molecular formula is C22H25N7S2. The Morgan fingerprint density at radius 3 is 2.87 bits per heavy atom. The Balaban J connectivity index is 1.42. The summed E-state index contributed by atoms with van der Waals surface area (Å²) in [5.41, 5.74) is 8.79. The van der Waals surface area contributed by atoms with Crippen LogP contribution in [-0.4, -0.2) is 29.7 Å². The molecule has 0 bridgehead atoms. The predicted molar refractivity (Wildman–Crippen MR) is 126 cm³/mol. The Morgan fingerprint density at radius 1 is 1.23 bits per heavy atom. The van der Waals surface area contributed by atoms with E-state index in [2.05, 4.69) is 38.6 Å². The maximum Gasteiger partial charge on any atom is 0.191 e. The molecule has 7 nitrogen and oxygen atoms in total. The lowest BCUT2D eigenvalue weighted by Crippen LogP contribution is -2.09. The van der Waals surface area contributed by atoms with E-state index >= 15 is 0 Å². The van der Waals surface area contributed by atoms with E-state index in [1.807, 2.05) is 12.1 Å². The van der Waals surface area contributed by atoms with Crippen molar-refractivity contribution in [3.05, 3.63) is 40.8 Å². The number of pyridine rings is 1. The van der Waals surface area contributed by atoms with E-state index < -0.39 is 0 Å². The SMILES string of the molecule is CCCn1c(SCc2nc(N)c3c4c(sc3n2)CC(C)CC4)nnc1-c1ccncc1. The van der Waals surface area contributed by atoms with Gasteiger partial charge in [-0.25, -0.2) is 9.97 Å². The van der Waals surface area contributed by atoms with Crippen molar-refractivity contribution in [3.63, 3.8) is 0 Å². The van der Waals surface area contributed by atoms with Crippen LogP contribution in [0.2, 0.25) is 0 Å². The van der Waals surface area contributed by atoms with Gasteiger partial charge in [0.1, 0.15) is 16.5 Å². The number of nitrogen functional groups attached to an aromatic ring is 1. The fourth-order valence-electron chi connectivity index (χ4n) is 4.15. The topological polar surface area (TPSA) is 95.4 Å². The van der Waals surface area contributed by atoms with Crippen LogP contribution in [0.4, 0.5) is 5.82 Å². The summed E-state index contributed by atoms with van der Waals surface area (Å²) >= 11 is 3.39. The number of nitrogens with zero attached hydrogens (tertiary/aromatic N) is 6. The monoisotopic (exact) mass is 451 g/mol. The molecule has 0 radical (unpaired) electrons. The largest absolute Gasteiger partial charge is 0.383 e. The Labute approximate surface area is 189 Å². The number of fused-ring (bicyclic) bond motifs is 3. The number of aromatic nitrogens is 6. The lowest BCUT2D eigenvalue weighted by atomic mass is 9.89. The van der Waals surface area contributed by atoms with Crippen molar-refractivity contribution in [2.24, 2.45) is 5.92 Å². The van der Waals surface area contributed by atoms with Gasteiger partial charge in [-0.3, -0.25) is 4.98 Å². The zero-order valence-corrected chi connectivity index (χ0v) is 19.3. The second kappa shape index (κ2) is 8.55. The van der Waals surface area contributed by atoms with Crippen LogP contribution in [0, 0.1) is 5.92 Å². The maximum atomic E-state index is 6.39. The first-order valence-corrected chi connectivity index (χ1v) is 12.5. The molecule has 0 amide bonds. The molecular weight excluding hydrogens is 426 g/mol. The number of thioether (sulfide) groups is 1. The molecule has 1 atom stereocenters. The van der Waals surface area contributed by atoms with Gasteiger partial charge in [0.2, 0.25) is 0 Å². The summed E-state index contributed by atoms with van der Waals surface area (Å²) in [5, 5.41) is 10.8. The van der Waals surface area contributed by atoms with Gasteiger partial charge in [-0.1, -0.05) is 25.6 Å². The Kier molecular flexibility index (Phi) is 5.62. The third-order valence-corrected chi connectivity index (χ3v) is 7.77. The Bertz CT molecular complexity index is 1220. The first-order chi connectivity index (χ1) is 15.1. The Morgan fingerprint density at radius 2 is 2.06 bits per heavy atom. The Hall–Kier alpha value is -2.52. The molecule has 4 aromatic heterocycles. The van der Waals surface area contributed by atoms with Crippen LogP contribution in [0.3, 0.4) is 0 Å². The van der Waals surface area contributed by atoms with E-state index in [1.54, 1.807) is 35.5 Å². The number of hydrogen-bond acceptors (Lipinski definition) is 8. The highest BCUT2D eigenvalue weighted by molar-refractivity contribution is 7.98. The molecule has 0 aromatic carbocycles. The summed E-state index contributed by atoms with van der Waals surface area (Å²) in [6, 6.07) is 3.92. The normalized spacial score (nSPS) is 16.0. The van der Waals surface area contributed by atoms with Gasteiger partial charge in [-0.2, -0.15) is 0 Å². The molecule has 31 heavy (non-hydrogen) atoms. The first kappa shape index (κ1) is 20.4. The highest BCUT2D eigenvalue weighted by atomic mass is 32.2. The molecule has 1 aliphatic carbocycles. The van der Waals surface area contributed by atoms with Crippen molar-refractivity contribution in [3.8, 4) is 11.4 Å². The van der Waals surface area contributed by atoms with Crippen LogP contribution in [0.15, 0.2) is 29.7 Å². The summed E-state index contributed by atoms with van der Waals surface area (Å²) in [7, 11) is 0. The minimum atomic E-state index is 0.608. The third kappa shape index (κ3) is 3.92. The number of thiophene rings is 1. The molecule has 1 aliphatic rings. The smallest absolute Gasteiger partial charge is 0.191 e. The highest BCUT2D eigenvalue weighted by Gasteiger charge is 2.23. The molecule has 4 heterocycles. The van der Waals surface area contributed by atoms with Crippen LogP contribution >= 0.6 is 23.1 Å². The van der Waals surface area contributed by atoms with Crippen molar-refractivity contribution < 1.29 is 0 Å². The van der Waals surface area contributed by atoms with Gasteiger partial charge in [-0.05, 0) is 49.3 Å². The molecule has 0 spiro atoms. The zero-order valence-electron chi connectivity index (χ0n) is 17.7. The lowest BCUT2D eigenvalue weighted by molar-refractivity contribution is 0.509. The van der Waals surface area contributed by atoms with Gasteiger partial charge < -0.3 is 10.3 Å². The standard InChI is InChI=1S/C22H25N7S2/c1-3-10-29-20(14-6-8-24-9-7-14)27-28-22(29)30-12-17-25-19(23)18-15-5-4-13(2)11-16(15)31-21(18)26-17/h6-9,13H,3-5,10-12H2,1-2H3,(H2,23,25,26). The van der Waals surface area contributed by atoms with Gasteiger partial charge >= 0.3 is 0 Å². The number of anilines is 1. The molecule has 2 N–H and O–H groups in total. The predicted octanol–water partition coefficient (Wildman–Crippen LogP) is 4.75. The summed E-state index contributed by atoms with van der Waals surface area (Å²) in [6.07, 6.45) is 7.97. The zero-order chi connectivity index (χ0) is 21.4. The molecule has 5 rings (SSSR count). The first-order valence-electron chi connectivity index (χ1n) is 10.7. The van der Waals surface area contributed by atoms with Gasteiger partial charge in [0, 0.05) is 29.4 Å². The maximum absolute atomic E-state index is 6.39. The fraction of sp³-hybridized carbons (Fsp3) is 0.409. The molecule has 0 aliphatic heterocycles. The van der Waals surface area contributed by atoms with E-state index in [0.29, 0.717) is 11.6 Å². The van der Waals surface area contributed by atoms with Gasteiger partial charge in [0.15, 0.2) is 11.0 Å². The van der Waals surface area contributed by atoms with Crippen molar-refractivity contribution >= 4 is 39.1 Å². The molecule has 160 valence electrons. The second-order valence-corrected chi connectivity index (χ2v) is 10.1. The molecule has 9 heteroatoms. The second-order valence-electron chi connectivity index (χ2n) is 8.04. The molecule has 4 aromatic rings. The van der Waals surface area contributed by atoms with Gasteiger partial charge in [-0.15, -0.1) is 21.5 Å². The molecule has 0 saturated carbocycles. The number of aryl methyl sites for hydroxylation is 1. The van der Waals surface area contributed by atoms with E-state index in [-0.39, 0.29) is 0 Å². The van der Waals surface area contributed by atoms with Crippen LogP contribution in [0.25, 0.3) is 21.6 Å². The van der Waals surface area contributed by atoms with Gasteiger partial charge in [0.05, 0.1) is 11.1 Å². The van der Waals surface area contributed by atoms with E-state index in [4.69, 9.17) is 10.7 Å². The minimum Gasteiger partial charge on any atom is -0.383 e. The number of rotatable bonds is 6. The van der Waals surface area contributed by atoms with Crippen LogP contribution in [0.1, 0.15) is 43.0 Å². The average molecular weight is 452 g/mol. The quantitative estimate of drug-likeness (QED) is 0.422. The van der Waals surface area contributed by atoms with Crippen molar-refractivity contribution in [2.75, 3.05) is 5.73 Å². The van der Waals surface area contributed by atoms with Crippen LogP contribution in [-0.2, 0) is 25.1 Å². The summed E-state index contributed by atoms with van der Waals surface area (Å²) in [4.78, 5) is 16.1. The number of nitrogens with two attached hydrogens (primary N) is 1. The average Bonchev–Trinajstić information content (AvgIpc) is 3.34. The molecule has 0 fully saturated rings. The van der Waals surface area contributed by atoms with Crippen molar-refractivity contribution in [1.29, 1.82) is 0 Å². The molecule has 0 saturated heterocycles.